The van der Waals surface area contributed by atoms with Crippen molar-refractivity contribution in [3.8, 4) is 0 Å². The van der Waals surface area contributed by atoms with Gasteiger partial charge in [-0.2, -0.15) is 0 Å². The number of para-hydroxylation sites is 1. The molecule has 2 aromatic rings. The molecule has 0 aliphatic heterocycles. The van der Waals surface area contributed by atoms with E-state index >= 15 is 0 Å². The zero-order valence-electron chi connectivity index (χ0n) is 20.4. The third-order valence-electron chi connectivity index (χ3n) is 5.53. The molecule has 196 valence electrons. The second-order valence-corrected chi connectivity index (χ2v) is 9.09. The maximum atomic E-state index is 13.3. The number of carboxylic acid groups (broad SMARTS) is 2. The average Bonchev–Trinajstić information content (AvgIpc) is 3.20. The number of hydrogen-bond donors (Lipinski definition) is 7. The standard InChI is InChI=1S/C24H33N5O7/c1-12(2)8-18(22(33)27-13(3)24(35)36)29-23(34)19(28-21(32)16(25)10-20(30)31)9-14-11-26-17-7-5-4-6-15(14)17/h4-7,11-13,16,18-19,26H,8-10,25H2,1-3H3,(H,27,33)(H,28,32)(H,29,34)(H,30,31)(H,35,36). The quantitative estimate of drug-likeness (QED) is 0.199. The highest BCUT2D eigenvalue weighted by Crippen LogP contribution is 2.19. The number of benzene rings is 1. The molecule has 12 nitrogen and oxygen atoms in total. The van der Waals surface area contributed by atoms with Gasteiger partial charge in [0, 0.05) is 23.5 Å². The molecule has 2 rings (SSSR count). The van der Waals surface area contributed by atoms with Crippen molar-refractivity contribution in [1.29, 1.82) is 0 Å². The van der Waals surface area contributed by atoms with E-state index in [1.54, 1.807) is 6.20 Å². The lowest BCUT2D eigenvalue weighted by Gasteiger charge is -2.25. The molecule has 0 radical (unpaired) electrons. The molecule has 0 saturated heterocycles. The maximum Gasteiger partial charge on any atom is 0.325 e. The van der Waals surface area contributed by atoms with E-state index in [9.17, 15) is 24.0 Å². The monoisotopic (exact) mass is 503 g/mol. The number of aromatic nitrogens is 1. The first kappa shape index (κ1) is 28.3. The van der Waals surface area contributed by atoms with Crippen molar-refractivity contribution in [3.05, 3.63) is 36.0 Å². The molecule has 0 aliphatic carbocycles. The number of amides is 3. The molecule has 0 spiro atoms. The first-order valence-corrected chi connectivity index (χ1v) is 11.5. The van der Waals surface area contributed by atoms with E-state index in [2.05, 4.69) is 20.9 Å². The molecule has 8 N–H and O–H groups in total. The number of H-pyrrole nitrogens is 1. The van der Waals surface area contributed by atoms with Crippen LogP contribution in [0.15, 0.2) is 30.5 Å². The highest BCUT2D eigenvalue weighted by atomic mass is 16.4. The van der Waals surface area contributed by atoms with Gasteiger partial charge in [0.25, 0.3) is 0 Å². The van der Waals surface area contributed by atoms with Gasteiger partial charge in [0.2, 0.25) is 17.7 Å². The van der Waals surface area contributed by atoms with Crippen LogP contribution < -0.4 is 21.7 Å². The highest BCUT2D eigenvalue weighted by Gasteiger charge is 2.30. The number of aliphatic carboxylic acids is 2. The molecule has 36 heavy (non-hydrogen) atoms. The third-order valence-corrected chi connectivity index (χ3v) is 5.53. The van der Waals surface area contributed by atoms with Crippen molar-refractivity contribution in [2.75, 3.05) is 0 Å². The van der Waals surface area contributed by atoms with Gasteiger partial charge in [0.1, 0.15) is 18.1 Å². The van der Waals surface area contributed by atoms with Crippen LogP contribution in [0.1, 0.15) is 39.2 Å². The summed E-state index contributed by atoms with van der Waals surface area (Å²) < 4.78 is 0. The van der Waals surface area contributed by atoms with Crippen LogP contribution in [-0.4, -0.2) is 69.0 Å². The van der Waals surface area contributed by atoms with Crippen LogP contribution in [0.4, 0.5) is 0 Å². The zero-order valence-corrected chi connectivity index (χ0v) is 20.4. The molecule has 4 unspecified atom stereocenters. The largest absolute Gasteiger partial charge is 0.481 e. The Balaban J connectivity index is 2.29. The molecule has 0 aliphatic rings. The summed E-state index contributed by atoms with van der Waals surface area (Å²) in [5, 5.41) is 26.3. The van der Waals surface area contributed by atoms with Gasteiger partial charge in [-0.05, 0) is 30.9 Å². The molecule has 0 saturated carbocycles. The molecule has 1 heterocycles. The summed E-state index contributed by atoms with van der Waals surface area (Å²) in [5.74, 6) is -4.72. The Morgan fingerprint density at radius 1 is 0.917 bits per heavy atom. The Morgan fingerprint density at radius 3 is 2.14 bits per heavy atom. The van der Waals surface area contributed by atoms with E-state index in [-0.39, 0.29) is 18.8 Å². The van der Waals surface area contributed by atoms with Gasteiger partial charge in [-0.3, -0.25) is 24.0 Å². The summed E-state index contributed by atoms with van der Waals surface area (Å²) in [6.45, 7) is 4.98. The van der Waals surface area contributed by atoms with Crippen LogP contribution in [-0.2, 0) is 30.4 Å². The number of nitrogens with two attached hydrogens (primary N) is 1. The van der Waals surface area contributed by atoms with Crippen LogP contribution >= 0.6 is 0 Å². The van der Waals surface area contributed by atoms with Gasteiger partial charge in [0.15, 0.2) is 0 Å². The third kappa shape index (κ3) is 8.08. The minimum Gasteiger partial charge on any atom is -0.481 e. The van der Waals surface area contributed by atoms with Crippen molar-refractivity contribution in [2.45, 2.75) is 64.2 Å². The van der Waals surface area contributed by atoms with Crippen LogP contribution in [0.2, 0.25) is 0 Å². The summed E-state index contributed by atoms with van der Waals surface area (Å²) in [7, 11) is 0. The number of carbonyl (C=O) groups is 5. The first-order valence-electron chi connectivity index (χ1n) is 11.5. The Morgan fingerprint density at radius 2 is 1.53 bits per heavy atom. The number of carbonyl (C=O) groups excluding carboxylic acids is 3. The molecule has 0 fully saturated rings. The topological polar surface area (TPSA) is 204 Å². The molecular weight excluding hydrogens is 470 g/mol. The van der Waals surface area contributed by atoms with Crippen molar-refractivity contribution in [3.63, 3.8) is 0 Å². The minimum atomic E-state index is -1.38. The van der Waals surface area contributed by atoms with E-state index in [1.165, 1.54) is 6.92 Å². The first-order chi connectivity index (χ1) is 16.9. The number of nitrogens with one attached hydrogen (secondary N) is 4. The fraction of sp³-hybridized carbons (Fsp3) is 0.458. The average molecular weight is 504 g/mol. The summed E-state index contributed by atoms with van der Waals surface area (Å²) in [5.41, 5.74) is 7.21. The molecule has 12 heteroatoms. The smallest absolute Gasteiger partial charge is 0.325 e. The Hall–Kier alpha value is -3.93. The lowest BCUT2D eigenvalue weighted by Crippen LogP contribution is -2.57. The Bertz CT molecular complexity index is 1110. The molecule has 0 bridgehead atoms. The summed E-state index contributed by atoms with van der Waals surface area (Å²) in [6.07, 6.45) is 1.32. The minimum absolute atomic E-state index is 0.0215. The summed E-state index contributed by atoms with van der Waals surface area (Å²) in [6, 6.07) is 2.56. The fourth-order valence-electron chi connectivity index (χ4n) is 3.64. The number of carboxylic acids is 2. The van der Waals surface area contributed by atoms with Crippen molar-refractivity contribution >= 4 is 40.6 Å². The van der Waals surface area contributed by atoms with E-state index in [0.717, 1.165) is 10.9 Å². The second-order valence-electron chi connectivity index (χ2n) is 9.09. The fourth-order valence-corrected chi connectivity index (χ4v) is 3.64. The van der Waals surface area contributed by atoms with Crippen LogP contribution in [0.25, 0.3) is 10.9 Å². The lowest BCUT2D eigenvalue weighted by atomic mass is 10.00. The van der Waals surface area contributed by atoms with Gasteiger partial charge in [0.05, 0.1) is 12.5 Å². The van der Waals surface area contributed by atoms with Gasteiger partial charge in [-0.1, -0.05) is 32.0 Å². The van der Waals surface area contributed by atoms with Crippen molar-refractivity contribution in [1.82, 2.24) is 20.9 Å². The van der Waals surface area contributed by atoms with Gasteiger partial charge in [-0.15, -0.1) is 0 Å². The van der Waals surface area contributed by atoms with Gasteiger partial charge < -0.3 is 36.9 Å². The van der Waals surface area contributed by atoms with E-state index in [1.807, 2.05) is 38.1 Å². The number of aromatic amines is 1. The van der Waals surface area contributed by atoms with Crippen molar-refractivity contribution < 1.29 is 34.2 Å². The zero-order chi connectivity index (χ0) is 27.0. The molecule has 3 amide bonds. The Kier molecular flexibility index (Phi) is 9.97. The molecular formula is C24H33N5O7. The van der Waals surface area contributed by atoms with Crippen LogP contribution in [0.5, 0.6) is 0 Å². The van der Waals surface area contributed by atoms with E-state index < -0.39 is 60.2 Å². The predicted molar refractivity (Wildman–Crippen MR) is 131 cm³/mol. The van der Waals surface area contributed by atoms with Gasteiger partial charge in [-0.25, -0.2) is 0 Å². The summed E-state index contributed by atoms with van der Waals surface area (Å²) in [4.78, 5) is 63.8. The molecule has 1 aromatic heterocycles. The maximum absolute atomic E-state index is 13.3. The highest BCUT2D eigenvalue weighted by molar-refractivity contribution is 5.95. The number of rotatable bonds is 13. The number of hydrogen-bond acceptors (Lipinski definition) is 6. The lowest BCUT2D eigenvalue weighted by molar-refractivity contribution is -0.141. The Labute approximate surface area is 208 Å². The molecule has 4 atom stereocenters. The number of fused-ring (bicyclic) bond motifs is 1. The SMILES string of the molecule is CC(C)CC(NC(=O)C(Cc1c[nH]c2ccccc12)NC(=O)C(N)CC(=O)O)C(=O)NC(C)C(=O)O. The van der Waals surface area contributed by atoms with Crippen LogP contribution in [0, 0.1) is 5.92 Å². The second kappa shape index (κ2) is 12.7. The van der Waals surface area contributed by atoms with Gasteiger partial charge >= 0.3 is 11.9 Å². The summed E-state index contributed by atoms with van der Waals surface area (Å²) >= 11 is 0. The predicted octanol–water partition coefficient (Wildman–Crippen LogP) is 0.117. The van der Waals surface area contributed by atoms with E-state index in [0.29, 0.717) is 5.56 Å². The molecule has 1 aromatic carbocycles. The van der Waals surface area contributed by atoms with Crippen LogP contribution in [0.3, 0.4) is 0 Å². The normalized spacial score (nSPS) is 14.5. The van der Waals surface area contributed by atoms with E-state index in [4.69, 9.17) is 15.9 Å². The van der Waals surface area contributed by atoms with Crippen molar-refractivity contribution in [2.24, 2.45) is 11.7 Å².